The summed E-state index contributed by atoms with van der Waals surface area (Å²) >= 11 is 1.92. The Labute approximate surface area is 126 Å². The van der Waals surface area contributed by atoms with Gasteiger partial charge < -0.3 is 25.8 Å². The molecule has 0 aromatic carbocycles. The largest absolute Gasteiger partial charge is 0.394 e. The van der Waals surface area contributed by atoms with Crippen LogP contribution in [0.2, 0.25) is 0 Å². The van der Waals surface area contributed by atoms with Crippen molar-refractivity contribution in [1.82, 2.24) is 19.5 Å². The number of nitrogens with zero attached hydrogens (tertiary/aromatic N) is 4. The Kier molecular flexibility index (Phi) is 3.50. The van der Waals surface area contributed by atoms with Crippen molar-refractivity contribution in [2.24, 2.45) is 0 Å². The Morgan fingerprint density at radius 1 is 1.35 bits per heavy atom. The molecule has 0 aliphatic carbocycles. The zero-order valence-electron chi connectivity index (χ0n) is 10.1. The molecule has 0 amide bonds. The predicted octanol–water partition coefficient (Wildman–Crippen LogP) is -1.38. The van der Waals surface area contributed by atoms with Crippen LogP contribution in [0.3, 0.4) is 0 Å². The second-order valence-corrected chi connectivity index (χ2v) is 5.40. The number of rotatable bonds is 2. The van der Waals surface area contributed by atoms with Crippen LogP contribution in [0.1, 0.15) is 6.23 Å². The number of hydrogen-bond donors (Lipinski definition) is 4. The second-order valence-electron chi connectivity index (χ2n) is 4.43. The number of nitrogens with two attached hydrogens (primary N) is 1. The minimum absolute atomic E-state index is 0.227. The highest BCUT2D eigenvalue weighted by Crippen LogP contribution is 2.31. The average molecular weight is 393 g/mol. The summed E-state index contributed by atoms with van der Waals surface area (Å²) in [6, 6.07) is 0. The van der Waals surface area contributed by atoms with E-state index in [1.165, 1.54) is 10.9 Å². The molecule has 0 bridgehead atoms. The van der Waals surface area contributed by atoms with Gasteiger partial charge in [-0.3, -0.25) is 4.57 Å². The number of nitrogen functional groups attached to an aromatic ring is 1. The monoisotopic (exact) mass is 393 g/mol. The molecule has 0 radical (unpaired) electrons. The van der Waals surface area contributed by atoms with E-state index in [1.807, 2.05) is 22.6 Å². The van der Waals surface area contributed by atoms with Gasteiger partial charge in [0.1, 0.15) is 23.8 Å². The van der Waals surface area contributed by atoms with Gasteiger partial charge in [-0.1, -0.05) is 0 Å². The van der Waals surface area contributed by atoms with Gasteiger partial charge in [0.25, 0.3) is 0 Å². The van der Waals surface area contributed by atoms with E-state index in [9.17, 15) is 10.2 Å². The summed E-state index contributed by atoms with van der Waals surface area (Å²) in [6.45, 7) is -0.393. The third-order valence-corrected chi connectivity index (χ3v) is 3.69. The van der Waals surface area contributed by atoms with Crippen molar-refractivity contribution in [3.63, 3.8) is 0 Å². The summed E-state index contributed by atoms with van der Waals surface area (Å²) in [6.07, 6.45) is -2.71. The minimum Gasteiger partial charge on any atom is -0.394 e. The molecule has 9 nitrogen and oxygen atoms in total. The van der Waals surface area contributed by atoms with Crippen molar-refractivity contribution in [2.75, 3.05) is 12.3 Å². The van der Waals surface area contributed by atoms with Crippen molar-refractivity contribution >= 4 is 39.6 Å². The highest BCUT2D eigenvalue weighted by atomic mass is 127. The number of fused-ring (bicyclic) bond motifs is 1. The molecule has 5 N–H and O–H groups in total. The molecule has 1 aliphatic heterocycles. The summed E-state index contributed by atoms with van der Waals surface area (Å²) in [5, 5.41) is 28.9. The molecule has 1 unspecified atom stereocenters. The van der Waals surface area contributed by atoms with Crippen molar-refractivity contribution in [2.45, 2.75) is 24.5 Å². The zero-order valence-corrected chi connectivity index (χ0v) is 12.2. The normalized spacial score (nSPS) is 30.2. The van der Waals surface area contributed by atoms with Crippen LogP contribution in [0.5, 0.6) is 0 Å². The molecule has 1 fully saturated rings. The molecule has 2 aromatic rings. The van der Waals surface area contributed by atoms with Crippen LogP contribution in [0.15, 0.2) is 6.33 Å². The Hall–Kier alpha value is -1.08. The zero-order chi connectivity index (χ0) is 14.4. The van der Waals surface area contributed by atoms with Gasteiger partial charge in [-0.15, -0.1) is 0 Å². The van der Waals surface area contributed by atoms with E-state index in [0.717, 1.165) is 0 Å². The van der Waals surface area contributed by atoms with Crippen molar-refractivity contribution in [1.29, 1.82) is 0 Å². The molecule has 4 atom stereocenters. The van der Waals surface area contributed by atoms with Gasteiger partial charge in [0.05, 0.1) is 12.9 Å². The van der Waals surface area contributed by atoms with Crippen LogP contribution in [0.25, 0.3) is 11.2 Å². The molecule has 1 aliphatic rings. The lowest BCUT2D eigenvalue weighted by atomic mass is 10.1. The average Bonchev–Trinajstić information content (AvgIpc) is 2.93. The van der Waals surface area contributed by atoms with E-state index in [4.69, 9.17) is 15.6 Å². The van der Waals surface area contributed by atoms with Crippen molar-refractivity contribution < 1.29 is 20.1 Å². The van der Waals surface area contributed by atoms with Gasteiger partial charge in [0, 0.05) is 22.6 Å². The van der Waals surface area contributed by atoms with Gasteiger partial charge in [-0.05, 0) is 0 Å². The second kappa shape index (κ2) is 5.04. The van der Waals surface area contributed by atoms with Crippen molar-refractivity contribution in [3.05, 3.63) is 10.2 Å². The molecule has 108 valence electrons. The topological polar surface area (TPSA) is 140 Å². The van der Waals surface area contributed by atoms with Crippen LogP contribution in [-0.4, -0.2) is 59.8 Å². The van der Waals surface area contributed by atoms with Gasteiger partial charge in [0.2, 0.25) is 0 Å². The summed E-state index contributed by atoms with van der Waals surface area (Å²) in [5.74, 6) is 0.227. The molecule has 2 aromatic heterocycles. The first kappa shape index (κ1) is 13.9. The molecule has 0 saturated carbocycles. The number of aromatic nitrogens is 4. The molecular weight excluding hydrogens is 381 g/mol. The fourth-order valence-electron chi connectivity index (χ4n) is 2.21. The maximum atomic E-state index is 10.0. The van der Waals surface area contributed by atoms with E-state index in [0.29, 0.717) is 15.0 Å². The van der Waals surface area contributed by atoms with Gasteiger partial charge >= 0.3 is 0 Å². The lowest BCUT2D eigenvalue weighted by Gasteiger charge is -2.16. The number of ether oxygens (including phenoxy) is 1. The number of halogens is 1. The lowest BCUT2D eigenvalue weighted by Crippen LogP contribution is -2.33. The number of aliphatic hydroxyl groups excluding tert-OH is 3. The Morgan fingerprint density at radius 2 is 2.10 bits per heavy atom. The maximum Gasteiger partial charge on any atom is 0.194 e. The number of hydrogen-bond acceptors (Lipinski definition) is 8. The van der Waals surface area contributed by atoms with E-state index < -0.39 is 31.1 Å². The fraction of sp³-hybridized carbons (Fsp3) is 0.500. The third-order valence-electron chi connectivity index (χ3n) is 3.21. The third kappa shape index (κ3) is 2.03. The standard InChI is InChI=1S/C10H12IN5O4/c11-10-14-7(12)4-8(15-10)16(2-13-4)9-6(19)5(18)3(1-17)20-9/h2-3,5-6,9,17-19H,1H2,(H2,12,14,15)/t3-,5-,6+,9?/m1/s1. The molecule has 20 heavy (non-hydrogen) atoms. The highest BCUT2D eigenvalue weighted by Gasteiger charge is 2.44. The molecule has 3 rings (SSSR count). The molecule has 10 heteroatoms. The van der Waals surface area contributed by atoms with E-state index in [-0.39, 0.29) is 5.82 Å². The highest BCUT2D eigenvalue weighted by molar-refractivity contribution is 14.1. The van der Waals surface area contributed by atoms with Gasteiger partial charge in [-0.2, -0.15) is 0 Å². The fourth-order valence-corrected chi connectivity index (χ4v) is 2.70. The van der Waals surface area contributed by atoms with Crippen LogP contribution in [0, 0.1) is 3.83 Å². The first-order chi connectivity index (χ1) is 9.52. The van der Waals surface area contributed by atoms with Gasteiger partial charge in [0.15, 0.2) is 21.5 Å². The SMILES string of the molecule is Nc1nc(I)nc2c1ncn2C1O[C@H](CO)[C@@H](O)[C@@H]1O. The summed E-state index contributed by atoms with van der Waals surface area (Å²) in [4.78, 5) is 12.3. The number of aliphatic hydroxyl groups is 3. The van der Waals surface area contributed by atoms with E-state index in [1.54, 1.807) is 0 Å². The first-order valence-electron chi connectivity index (χ1n) is 5.81. The molecular formula is C10H12IN5O4. The molecule has 1 saturated heterocycles. The van der Waals surface area contributed by atoms with Crippen LogP contribution < -0.4 is 5.73 Å². The quantitative estimate of drug-likeness (QED) is 0.362. The maximum absolute atomic E-state index is 10.0. The van der Waals surface area contributed by atoms with Gasteiger partial charge in [-0.25, -0.2) is 15.0 Å². The van der Waals surface area contributed by atoms with Crippen molar-refractivity contribution in [3.8, 4) is 0 Å². The summed E-state index contributed by atoms with van der Waals surface area (Å²) < 4.78 is 7.34. The van der Waals surface area contributed by atoms with Crippen LogP contribution in [-0.2, 0) is 4.74 Å². The Morgan fingerprint density at radius 3 is 2.75 bits per heavy atom. The minimum atomic E-state index is -1.20. The van der Waals surface area contributed by atoms with E-state index in [2.05, 4.69) is 15.0 Å². The van der Waals surface area contributed by atoms with E-state index >= 15 is 0 Å². The Balaban J connectivity index is 2.07. The smallest absolute Gasteiger partial charge is 0.194 e. The number of anilines is 1. The molecule has 3 heterocycles. The first-order valence-corrected chi connectivity index (χ1v) is 6.88. The Bertz CT molecular complexity index is 650. The number of imidazole rings is 1. The van der Waals surface area contributed by atoms with Crippen LogP contribution >= 0.6 is 22.6 Å². The lowest BCUT2D eigenvalue weighted by molar-refractivity contribution is -0.0511. The summed E-state index contributed by atoms with van der Waals surface area (Å²) in [7, 11) is 0. The predicted molar refractivity (Wildman–Crippen MR) is 75.5 cm³/mol. The molecule has 0 spiro atoms. The summed E-state index contributed by atoms with van der Waals surface area (Å²) in [5.41, 5.74) is 6.55. The van der Waals surface area contributed by atoms with Crippen LogP contribution in [0.4, 0.5) is 5.82 Å².